The monoisotopic (exact) mass is 208 g/mol. The zero-order valence-corrected chi connectivity index (χ0v) is 9.75. The first-order chi connectivity index (χ1) is 7.43. The maximum atomic E-state index is 3.60. The number of fused-ring (bicyclic) bond motifs is 2. The summed E-state index contributed by atoms with van der Waals surface area (Å²) >= 11 is 0. The first-order valence-corrected chi connectivity index (χ1v) is 6.86. The van der Waals surface area contributed by atoms with E-state index < -0.39 is 0 Å². The number of hydrogen-bond donors (Lipinski definition) is 1. The van der Waals surface area contributed by atoms with Gasteiger partial charge in [0.2, 0.25) is 0 Å². The van der Waals surface area contributed by atoms with Gasteiger partial charge in [-0.15, -0.1) is 0 Å². The Balaban J connectivity index is 1.57. The van der Waals surface area contributed by atoms with Crippen molar-refractivity contribution in [2.45, 2.75) is 32.1 Å². The lowest BCUT2D eigenvalue weighted by Crippen LogP contribution is -2.44. The minimum atomic E-state index is 1.01. The molecule has 2 aliphatic heterocycles. The Bertz CT molecular complexity index is 195. The van der Waals surface area contributed by atoms with Gasteiger partial charge in [-0.05, 0) is 69.6 Å². The fourth-order valence-corrected chi connectivity index (χ4v) is 3.94. The summed E-state index contributed by atoms with van der Waals surface area (Å²) in [5.74, 6) is 3.04. The van der Waals surface area contributed by atoms with E-state index in [0.717, 1.165) is 17.8 Å². The van der Waals surface area contributed by atoms with Crippen LogP contribution in [0.5, 0.6) is 0 Å². The van der Waals surface area contributed by atoms with Crippen molar-refractivity contribution in [1.82, 2.24) is 10.2 Å². The summed E-state index contributed by atoms with van der Waals surface area (Å²) in [5, 5.41) is 3.60. The van der Waals surface area contributed by atoms with Gasteiger partial charge < -0.3 is 10.2 Å². The molecule has 86 valence electrons. The van der Waals surface area contributed by atoms with Crippen molar-refractivity contribution in [2.75, 3.05) is 32.7 Å². The first kappa shape index (κ1) is 10.1. The second-order valence-electron chi connectivity index (χ2n) is 5.78. The van der Waals surface area contributed by atoms with Crippen LogP contribution >= 0.6 is 0 Å². The lowest BCUT2D eigenvalue weighted by atomic mass is 9.85. The molecular weight excluding hydrogens is 184 g/mol. The SMILES string of the molecule is C1CCN(CC2C3CCC2CNC3)CC1. The van der Waals surface area contributed by atoms with Gasteiger partial charge in [0.05, 0.1) is 0 Å². The van der Waals surface area contributed by atoms with Gasteiger partial charge >= 0.3 is 0 Å². The third-order valence-corrected chi connectivity index (χ3v) is 4.85. The summed E-state index contributed by atoms with van der Waals surface area (Å²) in [7, 11) is 0. The number of rotatable bonds is 2. The largest absolute Gasteiger partial charge is 0.316 e. The van der Waals surface area contributed by atoms with Crippen molar-refractivity contribution in [3.05, 3.63) is 0 Å². The molecule has 0 radical (unpaired) electrons. The summed E-state index contributed by atoms with van der Waals surface area (Å²) in [6.07, 6.45) is 7.35. The molecule has 15 heavy (non-hydrogen) atoms. The zero-order valence-electron chi connectivity index (χ0n) is 9.75. The Morgan fingerprint density at radius 3 is 2.27 bits per heavy atom. The highest BCUT2D eigenvalue weighted by Gasteiger charge is 2.39. The minimum Gasteiger partial charge on any atom is -0.316 e. The molecule has 2 unspecified atom stereocenters. The molecule has 0 spiro atoms. The second-order valence-corrected chi connectivity index (χ2v) is 5.78. The third kappa shape index (κ3) is 2.07. The Kier molecular flexibility index (Phi) is 2.98. The Labute approximate surface area is 93.4 Å². The summed E-state index contributed by atoms with van der Waals surface area (Å²) in [5.41, 5.74) is 0. The number of nitrogens with zero attached hydrogens (tertiary/aromatic N) is 1. The molecule has 0 aromatic rings. The van der Waals surface area contributed by atoms with E-state index in [2.05, 4.69) is 10.2 Å². The van der Waals surface area contributed by atoms with Crippen LogP contribution in [-0.4, -0.2) is 37.6 Å². The van der Waals surface area contributed by atoms with Gasteiger partial charge in [0.25, 0.3) is 0 Å². The van der Waals surface area contributed by atoms with Crippen molar-refractivity contribution < 1.29 is 0 Å². The molecule has 2 bridgehead atoms. The van der Waals surface area contributed by atoms with Gasteiger partial charge in [0, 0.05) is 6.54 Å². The van der Waals surface area contributed by atoms with Crippen molar-refractivity contribution >= 4 is 0 Å². The van der Waals surface area contributed by atoms with Gasteiger partial charge in [-0.25, -0.2) is 0 Å². The van der Waals surface area contributed by atoms with E-state index in [1.54, 1.807) is 0 Å². The zero-order chi connectivity index (χ0) is 10.1. The predicted molar refractivity (Wildman–Crippen MR) is 62.9 cm³/mol. The summed E-state index contributed by atoms with van der Waals surface area (Å²) < 4.78 is 0. The second kappa shape index (κ2) is 4.42. The number of nitrogens with one attached hydrogen (secondary N) is 1. The van der Waals surface area contributed by atoms with Crippen molar-refractivity contribution in [1.29, 1.82) is 0 Å². The van der Waals surface area contributed by atoms with Gasteiger partial charge in [-0.2, -0.15) is 0 Å². The lowest BCUT2D eigenvalue weighted by Gasteiger charge is -2.36. The number of hydrogen-bond acceptors (Lipinski definition) is 2. The number of likely N-dealkylation sites (tertiary alicyclic amines) is 1. The van der Waals surface area contributed by atoms with Gasteiger partial charge in [0.15, 0.2) is 0 Å². The van der Waals surface area contributed by atoms with Crippen molar-refractivity contribution in [3.8, 4) is 0 Å². The highest BCUT2D eigenvalue weighted by Crippen LogP contribution is 2.39. The standard InChI is InChI=1S/C13H24N2/c1-2-6-15(7-3-1)10-13-11-4-5-12(13)9-14-8-11/h11-14H,1-10H2. The van der Waals surface area contributed by atoms with Crippen LogP contribution in [0.1, 0.15) is 32.1 Å². The maximum Gasteiger partial charge on any atom is 0.00159 e. The quantitative estimate of drug-likeness (QED) is 0.743. The molecule has 2 heterocycles. The summed E-state index contributed by atoms with van der Waals surface area (Å²) in [6, 6.07) is 0. The van der Waals surface area contributed by atoms with E-state index in [1.807, 2.05) is 0 Å². The molecule has 0 aromatic heterocycles. The molecule has 3 rings (SSSR count). The van der Waals surface area contributed by atoms with Crippen LogP contribution in [0.25, 0.3) is 0 Å². The Morgan fingerprint density at radius 1 is 0.933 bits per heavy atom. The fraction of sp³-hybridized carbons (Fsp3) is 1.00. The van der Waals surface area contributed by atoms with Crippen LogP contribution < -0.4 is 5.32 Å². The molecule has 1 saturated carbocycles. The van der Waals surface area contributed by atoms with Gasteiger partial charge in [-0.3, -0.25) is 0 Å². The molecule has 3 fully saturated rings. The van der Waals surface area contributed by atoms with Crippen LogP contribution in [0.2, 0.25) is 0 Å². The van der Waals surface area contributed by atoms with E-state index >= 15 is 0 Å². The Hall–Kier alpha value is -0.0800. The van der Waals surface area contributed by atoms with E-state index in [0.29, 0.717) is 0 Å². The molecule has 0 aromatic carbocycles. The molecule has 2 saturated heterocycles. The minimum absolute atomic E-state index is 1.01. The number of piperidine rings is 2. The fourth-order valence-electron chi connectivity index (χ4n) is 3.94. The van der Waals surface area contributed by atoms with E-state index in [1.165, 1.54) is 64.8 Å². The molecule has 0 amide bonds. The highest BCUT2D eigenvalue weighted by atomic mass is 15.1. The van der Waals surface area contributed by atoms with Gasteiger partial charge in [-0.1, -0.05) is 6.42 Å². The van der Waals surface area contributed by atoms with E-state index in [4.69, 9.17) is 0 Å². The van der Waals surface area contributed by atoms with Crippen LogP contribution in [0.3, 0.4) is 0 Å². The molecule has 1 N–H and O–H groups in total. The molecular formula is C13H24N2. The predicted octanol–water partition coefficient (Wildman–Crippen LogP) is 1.72. The van der Waals surface area contributed by atoms with Crippen molar-refractivity contribution in [3.63, 3.8) is 0 Å². The molecule has 2 heteroatoms. The third-order valence-electron chi connectivity index (χ3n) is 4.85. The topological polar surface area (TPSA) is 15.3 Å². The smallest absolute Gasteiger partial charge is 0.00159 e. The van der Waals surface area contributed by atoms with Crippen molar-refractivity contribution in [2.24, 2.45) is 17.8 Å². The van der Waals surface area contributed by atoms with Crippen LogP contribution in [0.15, 0.2) is 0 Å². The average Bonchev–Trinajstić information content (AvgIpc) is 2.53. The normalized spacial score (nSPS) is 42.0. The van der Waals surface area contributed by atoms with Gasteiger partial charge in [0.1, 0.15) is 0 Å². The van der Waals surface area contributed by atoms with Crippen LogP contribution in [0, 0.1) is 17.8 Å². The van der Waals surface area contributed by atoms with Crippen LogP contribution in [-0.2, 0) is 0 Å². The average molecular weight is 208 g/mol. The van der Waals surface area contributed by atoms with Crippen LogP contribution in [0.4, 0.5) is 0 Å². The molecule has 1 aliphatic carbocycles. The lowest BCUT2D eigenvalue weighted by molar-refractivity contribution is 0.135. The van der Waals surface area contributed by atoms with E-state index in [9.17, 15) is 0 Å². The first-order valence-electron chi connectivity index (χ1n) is 6.86. The highest BCUT2D eigenvalue weighted by molar-refractivity contribution is 4.92. The molecule has 2 atom stereocenters. The van der Waals surface area contributed by atoms with E-state index in [-0.39, 0.29) is 0 Å². The summed E-state index contributed by atoms with van der Waals surface area (Å²) in [4.78, 5) is 2.74. The maximum absolute atomic E-state index is 3.60. The molecule has 3 aliphatic rings. The molecule has 2 nitrogen and oxygen atoms in total. The summed E-state index contributed by atoms with van der Waals surface area (Å²) in [6.45, 7) is 6.77. The Morgan fingerprint density at radius 2 is 1.60 bits per heavy atom.